The van der Waals surface area contributed by atoms with E-state index in [9.17, 15) is 4.79 Å². The number of nitrogens with one attached hydrogen (secondary N) is 1. The lowest BCUT2D eigenvalue weighted by Gasteiger charge is -2.37. The molecule has 0 heterocycles. The largest absolute Gasteiger partial charge is 0.378 e. The molecule has 92 valence electrons. The number of amides is 1. The molecule has 2 aliphatic rings. The Balaban J connectivity index is 1.72. The zero-order valence-electron chi connectivity index (χ0n) is 10.2. The second-order valence-corrected chi connectivity index (χ2v) is 5.28. The Bertz CT molecular complexity index is 268. The van der Waals surface area contributed by atoms with Crippen LogP contribution in [0.4, 0.5) is 0 Å². The molecule has 2 saturated carbocycles. The van der Waals surface area contributed by atoms with Crippen LogP contribution in [0.15, 0.2) is 0 Å². The molecule has 0 saturated heterocycles. The van der Waals surface area contributed by atoms with E-state index in [0.717, 1.165) is 32.3 Å². The van der Waals surface area contributed by atoms with E-state index in [0.29, 0.717) is 12.0 Å². The molecule has 2 aliphatic carbocycles. The molecule has 1 atom stereocenters. The van der Waals surface area contributed by atoms with E-state index in [1.165, 1.54) is 0 Å². The van der Waals surface area contributed by atoms with Crippen LogP contribution in [0.3, 0.4) is 0 Å². The fraction of sp³-hybridized carbons (Fsp3) is 0.917. The molecule has 0 radical (unpaired) electrons. The molecule has 0 aromatic carbocycles. The number of hydrogen-bond acceptors (Lipinski definition) is 3. The normalized spacial score (nSPS) is 32.7. The van der Waals surface area contributed by atoms with Gasteiger partial charge < -0.3 is 15.8 Å². The molecule has 1 amide bonds. The van der Waals surface area contributed by atoms with E-state index in [4.69, 9.17) is 10.5 Å². The summed E-state index contributed by atoms with van der Waals surface area (Å²) < 4.78 is 5.45. The standard InChI is InChI=1S/C12H22N2O2/c1-3-16-10-6-9(7-10)14-11(15)12(2,13)8-4-5-8/h8-10H,3-7,13H2,1-2H3,(H,14,15). The van der Waals surface area contributed by atoms with Gasteiger partial charge in [0, 0.05) is 12.6 Å². The first-order valence-corrected chi connectivity index (χ1v) is 6.25. The summed E-state index contributed by atoms with van der Waals surface area (Å²) in [6.45, 7) is 4.59. The van der Waals surface area contributed by atoms with E-state index < -0.39 is 5.54 Å². The molecular formula is C12H22N2O2. The van der Waals surface area contributed by atoms with Crippen molar-refractivity contribution in [1.82, 2.24) is 5.32 Å². The van der Waals surface area contributed by atoms with Crippen LogP contribution in [-0.4, -0.2) is 30.2 Å². The van der Waals surface area contributed by atoms with Crippen molar-refractivity contribution >= 4 is 5.91 Å². The van der Waals surface area contributed by atoms with Gasteiger partial charge in [-0.15, -0.1) is 0 Å². The van der Waals surface area contributed by atoms with E-state index in [1.807, 2.05) is 13.8 Å². The first-order chi connectivity index (χ1) is 7.54. The van der Waals surface area contributed by atoms with E-state index in [2.05, 4.69) is 5.32 Å². The number of hydrogen-bond donors (Lipinski definition) is 2. The van der Waals surface area contributed by atoms with Crippen molar-refractivity contribution in [3.05, 3.63) is 0 Å². The molecule has 0 aromatic heterocycles. The van der Waals surface area contributed by atoms with Crippen LogP contribution >= 0.6 is 0 Å². The number of nitrogens with two attached hydrogens (primary N) is 1. The number of ether oxygens (including phenoxy) is 1. The lowest BCUT2D eigenvalue weighted by molar-refractivity contribution is -0.129. The predicted octanol–water partition coefficient (Wildman–Crippen LogP) is 0.797. The molecule has 16 heavy (non-hydrogen) atoms. The van der Waals surface area contributed by atoms with Crippen molar-refractivity contribution in [1.29, 1.82) is 0 Å². The SMILES string of the molecule is CCOC1CC(NC(=O)C(C)(N)C2CC2)C1. The summed E-state index contributed by atoms with van der Waals surface area (Å²) in [5.41, 5.74) is 5.37. The fourth-order valence-electron chi connectivity index (χ4n) is 2.26. The van der Waals surface area contributed by atoms with Gasteiger partial charge in [-0.1, -0.05) is 0 Å². The predicted molar refractivity (Wildman–Crippen MR) is 61.9 cm³/mol. The second-order valence-electron chi connectivity index (χ2n) is 5.28. The molecule has 2 fully saturated rings. The molecule has 0 aromatic rings. The van der Waals surface area contributed by atoms with Gasteiger partial charge >= 0.3 is 0 Å². The topological polar surface area (TPSA) is 64.3 Å². The van der Waals surface area contributed by atoms with Gasteiger partial charge in [0.25, 0.3) is 0 Å². The summed E-state index contributed by atoms with van der Waals surface area (Å²) >= 11 is 0. The smallest absolute Gasteiger partial charge is 0.240 e. The van der Waals surface area contributed by atoms with Crippen molar-refractivity contribution in [2.75, 3.05) is 6.61 Å². The van der Waals surface area contributed by atoms with Gasteiger partial charge in [0.05, 0.1) is 11.6 Å². The van der Waals surface area contributed by atoms with Gasteiger partial charge in [0.1, 0.15) is 0 Å². The zero-order valence-corrected chi connectivity index (χ0v) is 10.2. The Hall–Kier alpha value is -0.610. The Kier molecular flexibility index (Phi) is 3.22. The van der Waals surface area contributed by atoms with Crippen LogP contribution in [0.25, 0.3) is 0 Å². The monoisotopic (exact) mass is 226 g/mol. The summed E-state index contributed by atoms with van der Waals surface area (Å²) in [7, 11) is 0. The maximum Gasteiger partial charge on any atom is 0.240 e. The molecule has 2 rings (SSSR count). The molecule has 0 spiro atoms. The Labute approximate surface area is 96.9 Å². The van der Waals surface area contributed by atoms with E-state index in [-0.39, 0.29) is 11.9 Å². The van der Waals surface area contributed by atoms with Gasteiger partial charge in [0.2, 0.25) is 5.91 Å². The Morgan fingerprint density at radius 1 is 1.50 bits per heavy atom. The van der Waals surface area contributed by atoms with Crippen LogP contribution in [0, 0.1) is 5.92 Å². The minimum absolute atomic E-state index is 0.00921. The first-order valence-electron chi connectivity index (χ1n) is 6.25. The second kappa shape index (κ2) is 4.34. The third-order valence-corrected chi connectivity index (χ3v) is 3.75. The lowest BCUT2D eigenvalue weighted by atomic mass is 9.87. The fourth-order valence-corrected chi connectivity index (χ4v) is 2.26. The highest BCUT2D eigenvalue weighted by molar-refractivity contribution is 5.86. The minimum Gasteiger partial charge on any atom is -0.378 e. The maximum absolute atomic E-state index is 11.9. The molecule has 3 N–H and O–H groups in total. The first kappa shape index (κ1) is 11.9. The van der Waals surface area contributed by atoms with Crippen molar-refractivity contribution in [3.8, 4) is 0 Å². The van der Waals surface area contributed by atoms with Gasteiger partial charge in [-0.2, -0.15) is 0 Å². The molecule has 4 nitrogen and oxygen atoms in total. The average molecular weight is 226 g/mol. The van der Waals surface area contributed by atoms with E-state index >= 15 is 0 Å². The summed E-state index contributed by atoms with van der Waals surface area (Å²) in [4.78, 5) is 11.9. The average Bonchev–Trinajstić information content (AvgIpc) is 2.97. The summed E-state index contributed by atoms with van der Waals surface area (Å²) in [6, 6.07) is 0.269. The number of carbonyl (C=O) groups is 1. The summed E-state index contributed by atoms with van der Waals surface area (Å²) in [5.74, 6) is 0.394. The van der Waals surface area contributed by atoms with Crippen LogP contribution in [0.5, 0.6) is 0 Å². The van der Waals surface area contributed by atoms with Crippen LogP contribution in [0.2, 0.25) is 0 Å². The van der Waals surface area contributed by atoms with Gasteiger partial charge in [-0.3, -0.25) is 4.79 Å². The Morgan fingerprint density at radius 3 is 2.62 bits per heavy atom. The third kappa shape index (κ3) is 2.38. The van der Waals surface area contributed by atoms with Crippen molar-refractivity contribution in [2.45, 2.75) is 57.2 Å². The van der Waals surface area contributed by atoms with Gasteiger partial charge in [-0.05, 0) is 45.4 Å². The quantitative estimate of drug-likeness (QED) is 0.728. The number of rotatable bonds is 5. The molecule has 4 heteroatoms. The van der Waals surface area contributed by atoms with Crippen LogP contribution in [-0.2, 0) is 9.53 Å². The van der Waals surface area contributed by atoms with Crippen molar-refractivity contribution in [2.24, 2.45) is 11.7 Å². The summed E-state index contributed by atoms with van der Waals surface area (Å²) in [5, 5.41) is 3.02. The molecular weight excluding hydrogens is 204 g/mol. The summed E-state index contributed by atoms with van der Waals surface area (Å²) in [6.07, 6.45) is 4.38. The van der Waals surface area contributed by atoms with Crippen LogP contribution in [0.1, 0.15) is 39.5 Å². The molecule has 0 bridgehead atoms. The van der Waals surface area contributed by atoms with Gasteiger partial charge in [-0.25, -0.2) is 0 Å². The lowest BCUT2D eigenvalue weighted by Crippen LogP contribution is -2.58. The minimum atomic E-state index is -0.670. The highest BCUT2D eigenvalue weighted by atomic mass is 16.5. The van der Waals surface area contributed by atoms with Crippen molar-refractivity contribution in [3.63, 3.8) is 0 Å². The molecule has 1 unspecified atom stereocenters. The highest BCUT2D eigenvalue weighted by Gasteiger charge is 2.45. The number of carbonyl (C=O) groups excluding carboxylic acids is 1. The van der Waals surface area contributed by atoms with Crippen LogP contribution < -0.4 is 11.1 Å². The van der Waals surface area contributed by atoms with Gasteiger partial charge in [0.15, 0.2) is 0 Å². The van der Waals surface area contributed by atoms with E-state index in [1.54, 1.807) is 0 Å². The highest BCUT2D eigenvalue weighted by Crippen LogP contribution is 2.38. The van der Waals surface area contributed by atoms with Crippen molar-refractivity contribution < 1.29 is 9.53 Å². The molecule has 0 aliphatic heterocycles. The zero-order chi connectivity index (χ0) is 11.8. The third-order valence-electron chi connectivity index (χ3n) is 3.75. The Morgan fingerprint density at radius 2 is 2.12 bits per heavy atom. The maximum atomic E-state index is 11.9.